The van der Waals surface area contributed by atoms with Gasteiger partial charge in [-0.05, 0) is 34.9 Å². The summed E-state index contributed by atoms with van der Waals surface area (Å²) in [7, 11) is 3.77. The molecule has 0 saturated heterocycles. The third-order valence-corrected chi connectivity index (χ3v) is 2.43. The van der Waals surface area contributed by atoms with Crippen LogP contribution in [-0.4, -0.2) is 48.2 Å². The molecule has 0 aromatic carbocycles. The molecule has 0 spiro atoms. The number of ether oxygens (including phenoxy) is 1. The highest BCUT2D eigenvalue weighted by Gasteiger charge is 2.23. The van der Waals surface area contributed by atoms with Crippen LogP contribution in [-0.2, 0) is 14.3 Å². The predicted molar refractivity (Wildman–Crippen MR) is 67.4 cm³/mol. The van der Waals surface area contributed by atoms with E-state index in [2.05, 4.69) is 0 Å². The summed E-state index contributed by atoms with van der Waals surface area (Å²) in [6.07, 6.45) is 0.838. The molecular weight excluding hydrogens is 246 g/mol. The van der Waals surface area contributed by atoms with Crippen molar-refractivity contribution in [1.29, 1.82) is 0 Å². The summed E-state index contributed by atoms with van der Waals surface area (Å²) in [5.41, 5.74) is -0.193. The molecule has 0 unspecified atom stereocenters. The van der Waals surface area contributed by atoms with E-state index in [4.69, 9.17) is 9.84 Å². The van der Waals surface area contributed by atoms with E-state index in [0.29, 0.717) is 0 Å². The maximum absolute atomic E-state index is 11.4. The molecule has 100 valence electrons. The van der Waals surface area contributed by atoms with Crippen LogP contribution in [0.15, 0.2) is 11.6 Å². The zero-order valence-electron chi connectivity index (χ0n) is 10.8. The van der Waals surface area contributed by atoms with Crippen LogP contribution in [0.3, 0.4) is 0 Å². The number of hydrogen-bond acceptors (Lipinski definition) is 4. The molecule has 0 amide bonds. The SMILES string of the molecule is C/C(=C\C(=O)O)C(=O)OCC(C)(C)N(C)C.Cl. The van der Waals surface area contributed by atoms with Crippen molar-refractivity contribution >= 4 is 24.3 Å². The number of carbonyl (C=O) groups excluding carboxylic acids is 1. The van der Waals surface area contributed by atoms with Gasteiger partial charge in [0, 0.05) is 17.2 Å². The van der Waals surface area contributed by atoms with E-state index < -0.39 is 11.9 Å². The van der Waals surface area contributed by atoms with Gasteiger partial charge < -0.3 is 14.7 Å². The van der Waals surface area contributed by atoms with Gasteiger partial charge in [-0.3, -0.25) is 0 Å². The summed E-state index contributed by atoms with van der Waals surface area (Å²) in [6, 6.07) is 0. The zero-order chi connectivity index (χ0) is 12.9. The number of aliphatic carboxylic acids is 1. The molecule has 0 aromatic rings. The Morgan fingerprint density at radius 3 is 2.18 bits per heavy atom. The molecule has 0 aliphatic carbocycles. The first-order valence-corrected chi connectivity index (χ1v) is 4.92. The van der Waals surface area contributed by atoms with Crippen molar-refractivity contribution in [3.63, 3.8) is 0 Å². The van der Waals surface area contributed by atoms with Gasteiger partial charge in [0.2, 0.25) is 0 Å². The molecule has 0 aliphatic rings. The molecule has 5 nitrogen and oxygen atoms in total. The third-order valence-electron chi connectivity index (χ3n) is 2.43. The fraction of sp³-hybridized carbons (Fsp3) is 0.636. The highest BCUT2D eigenvalue weighted by atomic mass is 35.5. The smallest absolute Gasteiger partial charge is 0.334 e. The lowest BCUT2D eigenvalue weighted by Gasteiger charge is -2.31. The van der Waals surface area contributed by atoms with Gasteiger partial charge in [0.25, 0.3) is 0 Å². The van der Waals surface area contributed by atoms with Gasteiger partial charge >= 0.3 is 11.9 Å². The molecule has 0 aromatic heterocycles. The molecule has 1 N–H and O–H groups in total. The van der Waals surface area contributed by atoms with Crippen molar-refractivity contribution < 1.29 is 19.4 Å². The number of nitrogens with zero attached hydrogens (tertiary/aromatic N) is 1. The summed E-state index contributed by atoms with van der Waals surface area (Å²) < 4.78 is 5.02. The number of carboxylic acid groups (broad SMARTS) is 1. The van der Waals surface area contributed by atoms with Crippen molar-refractivity contribution in [2.24, 2.45) is 0 Å². The second-order valence-electron chi connectivity index (χ2n) is 4.45. The molecule has 0 bridgehead atoms. The van der Waals surface area contributed by atoms with E-state index in [1.165, 1.54) is 6.92 Å². The fourth-order valence-corrected chi connectivity index (χ4v) is 0.729. The minimum atomic E-state index is -1.15. The van der Waals surface area contributed by atoms with E-state index in [9.17, 15) is 9.59 Å². The molecule has 0 fully saturated rings. The van der Waals surface area contributed by atoms with E-state index in [0.717, 1.165) is 6.08 Å². The Morgan fingerprint density at radius 2 is 1.82 bits per heavy atom. The molecule has 0 saturated carbocycles. The number of likely N-dealkylation sites (N-methyl/N-ethyl adjacent to an activating group) is 1. The third kappa shape index (κ3) is 6.97. The first-order valence-electron chi connectivity index (χ1n) is 4.92. The van der Waals surface area contributed by atoms with Crippen LogP contribution in [0.25, 0.3) is 0 Å². The second kappa shape index (κ2) is 7.29. The van der Waals surface area contributed by atoms with Crippen molar-refractivity contribution in [2.75, 3.05) is 20.7 Å². The second-order valence-corrected chi connectivity index (χ2v) is 4.45. The lowest BCUT2D eigenvalue weighted by atomic mass is 10.1. The number of hydrogen-bond donors (Lipinski definition) is 1. The van der Waals surface area contributed by atoms with E-state index in [1.807, 2.05) is 32.8 Å². The Morgan fingerprint density at radius 1 is 1.35 bits per heavy atom. The van der Waals surface area contributed by atoms with Crippen LogP contribution in [0.5, 0.6) is 0 Å². The highest BCUT2D eigenvalue weighted by Crippen LogP contribution is 2.11. The number of halogens is 1. The maximum atomic E-state index is 11.4. The molecule has 0 atom stereocenters. The van der Waals surface area contributed by atoms with Gasteiger partial charge in [-0.25, -0.2) is 9.59 Å². The van der Waals surface area contributed by atoms with Crippen molar-refractivity contribution in [3.05, 3.63) is 11.6 Å². The quantitative estimate of drug-likeness (QED) is 0.600. The number of rotatable bonds is 5. The minimum absolute atomic E-state index is 0. The Balaban J connectivity index is 0. The van der Waals surface area contributed by atoms with E-state index in [-0.39, 0.29) is 30.1 Å². The van der Waals surface area contributed by atoms with Crippen LogP contribution in [0.1, 0.15) is 20.8 Å². The average molecular weight is 266 g/mol. The van der Waals surface area contributed by atoms with Crippen molar-refractivity contribution in [3.8, 4) is 0 Å². The minimum Gasteiger partial charge on any atom is -0.478 e. The Bertz CT molecular complexity index is 311. The molecular formula is C11H20ClNO4. The molecule has 0 aliphatic heterocycles. The monoisotopic (exact) mass is 265 g/mol. The van der Waals surface area contributed by atoms with E-state index in [1.54, 1.807) is 0 Å². The first kappa shape index (κ1) is 18.3. The van der Waals surface area contributed by atoms with Gasteiger partial charge in [-0.1, -0.05) is 0 Å². The number of carboxylic acids is 1. The topological polar surface area (TPSA) is 66.8 Å². The van der Waals surface area contributed by atoms with Crippen molar-refractivity contribution in [2.45, 2.75) is 26.3 Å². The number of esters is 1. The fourth-order valence-electron chi connectivity index (χ4n) is 0.729. The van der Waals surface area contributed by atoms with Crippen molar-refractivity contribution in [1.82, 2.24) is 4.90 Å². The Kier molecular flexibility index (Phi) is 7.85. The Labute approximate surface area is 108 Å². The molecule has 17 heavy (non-hydrogen) atoms. The normalized spacial score (nSPS) is 12.0. The van der Waals surface area contributed by atoms with Crippen LogP contribution >= 0.6 is 12.4 Å². The molecule has 0 radical (unpaired) electrons. The highest BCUT2D eigenvalue weighted by molar-refractivity contribution is 5.95. The van der Waals surface area contributed by atoms with Gasteiger partial charge in [-0.2, -0.15) is 0 Å². The van der Waals surface area contributed by atoms with Gasteiger partial charge in [0.05, 0.1) is 0 Å². The lowest BCUT2D eigenvalue weighted by Crippen LogP contribution is -2.43. The summed E-state index contributed by atoms with van der Waals surface area (Å²) in [5, 5.41) is 8.46. The molecule has 6 heteroatoms. The van der Waals surface area contributed by atoms with Crippen LogP contribution in [0, 0.1) is 0 Å². The van der Waals surface area contributed by atoms with Gasteiger partial charge in [-0.15, -0.1) is 12.4 Å². The largest absolute Gasteiger partial charge is 0.478 e. The van der Waals surface area contributed by atoms with Crippen LogP contribution in [0.4, 0.5) is 0 Å². The summed E-state index contributed by atoms with van der Waals surface area (Å²) in [4.78, 5) is 23.6. The zero-order valence-corrected chi connectivity index (χ0v) is 11.6. The summed E-state index contributed by atoms with van der Waals surface area (Å²) in [6.45, 7) is 5.48. The maximum Gasteiger partial charge on any atom is 0.334 e. The average Bonchev–Trinajstić information content (AvgIpc) is 2.12. The van der Waals surface area contributed by atoms with Crippen LogP contribution in [0.2, 0.25) is 0 Å². The Hall–Kier alpha value is -1.07. The lowest BCUT2D eigenvalue weighted by molar-refractivity contribution is -0.143. The standard InChI is InChI=1S/C11H19NO4.ClH/c1-8(6-9(13)14)10(15)16-7-11(2,3)12(4)5;/h6H,7H2,1-5H3,(H,13,14);1H/b8-6+;. The van der Waals surface area contributed by atoms with E-state index >= 15 is 0 Å². The molecule has 0 rings (SSSR count). The van der Waals surface area contributed by atoms with Gasteiger partial charge in [0.1, 0.15) is 6.61 Å². The summed E-state index contributed by atoms with van der Waals surface area (Å²) >= 11 is 0. The van der Waals surface area contributed by atoms with Gasteiger partial charge in [0.15, 0.2) is 0 Å². The predicted octanol–water partition coefficient (Wildman–Crippen LogP) is 1.32. The first-order chi connectivity index (χ1) is 7.16. The summed E-state index contributed by atoms with van der Waals surface area (Å²) in [5.74, 6) is -1.75. The number of carbonyl (C=O) groups is 2. The molecule has 0 heterocycles. The van der Waals surface area contributed by atoms with Crippen LogP contribution < -0.4 is 0 Å².